The number of rotatable bonds is 2. The van der Waals surface area contributed by atoms with Crippen molar-refractivity contribution in [3.05, 3.63) is 64.4 Å². The van der Waals surface area contributed by atoms with Crippen LogP contribution in [-0.4, -0.2) is 10.1 Å². The van der Waals surface area contributed by atoms with Gasteiger partial charge in [0.1, 0.15) is 17.2 Å². The summed E-state index contributed by atoms with van der Waals surface area (Å²) in [5.74, 6) is -1.16. The quantitative estimate of drug-likeness (QED) is 0.908. The van der Waals surface area contributed by atoms with Gasteiger partial charge in [0.05, 0.1) is 11.9 Å². The smallest absolute Gasteiger partial charge is 0.141 e. The van der Waals surface area contributed by atoms with Gasteiger partial charge in [-0.3, -0.25) is 4.98 Å². The maximum Gasteiger partial charge on any atom is 0.141 e. The molecule has 1 unspecified atom stereocenters. The van der Waals surface area contributed by atoms with Gasteiger partial charge < -0.3 is 5.11 Å². The van der Waals surface area contributed by atoms with E-state index in [1.54, 1.807) is 0 Å². The van der Waals surface area contributed by atoms with E-state index in [-0.39, 0.29) is 16.3 Å². The Kier molecular flexibility index (Phi) is 3.32. The minimum atomic E-state index is -1.65. The number of nitrogens with zero attached hydrogens (tertiary/aromatic N) is 1. The SMILES string of the molecule is CC(O)(c1ccc(F)cn1)c1ccc(Cl)cc1F. The molecular weight excluding hydrogens is 260 g/mol. The molecule has 1 N–H and O–H groups in total. The fourth-order valence-electron chi connectivity index (χ4n) is 1.69. The largest absolute Gasteiger partial charge is 0.379 e. The Bertz CT molecular complexity index is 570. The second-order valence-electron chi connectivity index (χ2n) is 4.06. The predicted molar refractivity (Wildman–Crippen MR) is 64.3 cm³/mol. The number of aromatic nitrogens is 1. The van der Waals surface area contributed by atoms with Gasteiger partial charge in [0.15, 0.2) is 0 Å². The first-order valence-electron chi connectivity index (χ1n) is 5.21. The van der Waals surface area contributed by atoms with E-state index in [0.29, 0.717) is 0 Å². The van der Waals surface area contributed by atoms with Crippen LogP contribution in [0.3, 0.4) is 0 Å². The zero-order chi connectivity index (χ0) is 13.3. The molecule has 2 nitrogen and oxygen atoms in total. The molecule has 18 heavy (non-hydrogen) atoms. The van der Waals surface area contributed by atoms with Crippen LogP contribution in [0.2, 0.25) is 5.02 Å². The van der Waals surface area contributed by atoms with Gasteiger partial charge in [-0.15, -0.1) is 0 Å². The van der Waals surface area contributed by atoms with Gasteiger partial charge in [0.25, 0.3) is 0 Å². The predicted octanol–water partition coefficient (Wildman–Crippen LogP) is 3.27. The van der Waals surface area contributed by atoms with Crippen LogP contribution in [0, 0.1) is 11.6 Å². The van der Waals surface area contributed by atoms with Crippen molar-refractivity contribution < 1.29 is 13.9 Å². The minimum Gasteiger partial charge on any atom is -0.379 e. The lowest BCUT2D eigenvalue weighted by atomic mass is 9.91. The highest BCUT2D eigenvalue weighted by Crippen LogP contribution is 2.30. The minimum absolute atomic E-state index is 0.0333. The molecule has 0 amide bonds. The Morgan fingerprint density at radius 2 is 1.94 bits per heavy atom. The van der Waals surface area contributed by atoms with Crippen LogP contribution >= 0.6 is 11.6 Å². The van der Waals surface area contributed by atoms with Crippen molar-refractivity contribution in [2.24, 2.45) is 0 Å². The summed E-state index contributed by atoms with van der Waals surface area (Å²) in [5.41, 5.74) is -1.46. The number of pyridine rings is 1. The molecule has 0 saturated carbocycles. The van der Waals surface area contributed by atoms with Crippen molar-refractivity contribution in [2.45, 2.75) is 12.5 Å². The van der Waals surface area contributed by atoms with Gasteiger partial charge in [-0.1, -0.05) is 17.7 Å². The fraction of sp³-hybridized carbons (Fsp3) is 0.154. The van der Waals surface area contributed by atoms with Crippen LogP contribution in [0.25, 0.3) is 0 Å². The second-order valence-corrected chi connectivity index (χ2v) is 4.49. The highest BCUT2D eigenvalue weighted by Gasteiger charge is 2.30. The molecule has 0 saturated heterocycles. The van der Waals surface area contributed by atoms with Gasteiger partial charge in [-0.2, -0.15) is 0 Å². The van der Waals surface area contributed by atoms with E-state index in [9.17, 15) is 13.9 Å². The summed E-state index contributed by atoms with van der Waals surface area (Å²) < 4.78 is 26.5. The van der Waals surface area contributed by atoms with Crippen molar-refractivity contribution in [3.63, 3.8) is 0 Å². The summed E-state index contributed by atoms with van der Waals surface area (Å²) in [6.45, 7) is 1.39. The molecule has 1 atom stereocenters. The average Bonchev–Trinajstić information content (AvgIpc) is 2.29. The third-order valence-electron chi connectivity index (χ3n) is 2.68. The molecule has 1 aromatic heterocycles. The number of benzene rings is 1. The Hall–Kier alpha value is -1.52. The van der Waals surface area contributed by atoms with Crippen LogP contribution in [-0.2, 0) is 5.60 Å². The lowest BCUT2D eigenvalue weighted by molar-refractivity contribution is 0.0931. The Labute approximate surface area is 108 Å². The van der Waals surface area contributed by atoms with Gasteiger partial charge in [0.2, 0.25) is 0 Å². The van der Waals surface area contributed by atoms with Crippen molar-refractivity contribution >= 4 is 11.6 Å². The standard InChI is InChI=1S/C13H10ClF2NO/c1-13(18,12-5-3-9(15)7-17-12)10-4-2-8(14)6-11(10)16/h2-7,18H,1H3. The number of hydrogen-bond acceptors (Lipinski definition) is 2. The third kappa shape index (κ3) is 2.35. The first-order valence-corrected chi connectivity index (χ1v) is 5.59. The molecule has 0 fully saturated rings. The summed E-state index contributed by atoms with van der Waals surface area (Å²) in [5, 5.41) is 10.6. The Morgan fingerprint density at radius 3 is 2.50 bits per heavy atom. The lowest BCUT2D eigenvalue weighted by Crippen LogP contribution is -2.25. The summed E-state index contributed by atoms with van der Waals surface area (Å²) in [7, 11) is 0. The zero-order valence-corrected chi connectivity index (χ0v) is 10.2. The van der Waals surface area contributed by atoms with Crippen LogP contribution in [0.4, 0.5) is 8.78 Å². The highest BCUT2D eigenvalue weighted by molar-refractivity contribution is 6.30. The highest BCUT2D eigenvalue weighted by atomic mass is 35.5. The normalized spacial score (nSPS) is 14.3. The zero-order valence-electron chi connectivity index (χ0n) is 9.49. The van der Waals surface area contributed by atoms with E-state index >= 15 is 0 Å². The van der Waals surface area contributed by atoms with Gasteiger partial charge in [-0.05, 0) is 31.2 Å². The maximum absolute atomic E-state index is 13.8. The van der Waals surface area contributed by atoms with E-state index in [1.807, 2.05) is 0 Å². The molecule has 2 aromatic rings. The summed E-state index contributed by atoms with van der Waals surface area (Å²) >= 11 is 5.65. The van der Waals surface area contributed by atoms with E-state index in [0.717, 1.165) is 18.3 Å². The summed E-state index contributed by atoms with van der Waals surface area (Å²) in [6.07, 6.45) is 0.970. The Morgan fingerprint density at radius 1 is 1.22 bits per heavy atom. The molecule has 0 spiro atoms. The van der Waals surface area contributed by atoms with E-state index in [1.165, 1.54) is 25.1 Å². The van der Waals surface area contributed by atoms with Gasteiger partial charge in [-0.25, -0.2) is 8.78 Å². The molecule has 5 heteroatoms. The van der Waals surface area contributed by atoms with Crippen molar-refractivity contribution in [3.8, 4) is 0 Å². The first kappa shape index (κ1) is 12.9. The topological polar surface area (TPSA) is 33.1 Å². The maximum atomic E-state index is 13.8. The Balaban J connectivity index is 2.50. The van der Waals surface area contributed by atoms with Crippen LogP contribution in [0.5, 0.6) is 0 Å². The van der Waals surface area contributed by atoms with Gasteiger partial charge >= 0.3 is 0 Å². The first-order chi connectivity index (χ1) is 8.41. The van der Waals surface area contributed by atoms with Crippen molar-refractivity contribution in [2.75, 3.05) is 0 Å². The number of aliphatic hydroxyl groups is 1. The number of halogens is 3. The van der Waals surface area contributed by atoms with Gasteiger partial charge in [0, 0.05) is 10.6 Å². The van der Waals surface area contributed by atoms with E-state index in [2.05, 4.69) is 4.98 Å². The fourth-order valence-corrected chi connectivity index (χ4v) is 1.84. The monoisotopic (exact) mass is 269 g/mol. The molecule has 0 aliphatic rings. The molecule has 1 heterocycles. The molecule has 0 aliphatic heterocycles. The molecule has 0 bridgehead atoms. The van der Waals surface area contributed by atoms with Crippen LogP contribution < -0.4 is 0 Å². The third-order valence-corrected chi connectivity index (χ3v) is 2.92. The van der Waals surface area contributed by atoms with E-state index in [4.69, 9.17) is 11.6 Å². The van der Waals surface area contributed by atoms with Crippen molar-refractivity contribution in [1.29, 1.82) is 0 Å². The molecule has 0 radical (unpaired) electrons. The summed E-state index contributed by atoms with van der Waals surface area (Å²) in [4.78, 5) is 3.77. The molecule has 94 valence electrons. The van der Waals surface area contributed by atoms with Crippen LogP contribution in [0.1, 0.15) is 18.2 Å². The summed E-state index contributed by atoms with van der Waals surface area (Å²) in [6, 6.07) is 6.42. The average molecular weight is 270 g/mol. The second kappa shape index (κ2) is 4.63. The molecule has 0 aliphatic carbocycles. The molecular formula is C13H10ClF2NO. The van der Waals surface area contributed by atoms with Crippen molar-refractivity contribution in [1.82, 2.24) is 4.98 Å². The van der Waals surface area contributed by atoms with Crippen LogP contribution in [0.15, 0.2) is 36.5 Å². The van der Waals surface area contributed by atoms with E-state index < -0.39 is 17.2 Å². The molecule has 2 rings (SSSR count). The molecule has 1 aromatic carbocycles. The number of hydrogen-bond donors (Lipinski definition) is 1. The lowest BCUT2D eigenvalue weighted by Gasteiger charge is -2.23.